The van der Waals surface area contributed by atoms with Crippen molar-refractivity contribution in [1.82, 2.24) is 5.01 Å². The number of methoxy groups -OCH3 is 1. The molecule has 0 fully saturated rings. The van der Waals surface area contributed by atoms with E-state index >= 15 is 0 Å². The van der Waals surface area contributed by atoms with Crippen LogP contribution in [0.2, 0.25) is 0 Å². The number of rotatable bonds is 4. The summed E-state index contributed by atoms with van der Waals surface area (Å²) in [7, 11) is 1.69. The van der Waals surface area contributed by atoms with Gasteiger partial charge >= 0.3 is 0 Å². The Bertz CT molecular complexity index is 1320. The number of benzene rings is 4. The van der Waals surface area contributed by atoms with Gasteiger partial charge in [0.2, 0.25) is 6.23 Å². The molecule has 33 heavy (non-hydrogen) atoms. The molecule has 2 atom stereocenters. The van der Waals surface area contributed by atoms with Gasteiger partial charge in [0, 0.05) is 12.0 Å². The number of para-hydroxylation sites is 2. The van der Waals surface area contributed by atoms with Crippen molar-refractivity contribution in [3.05, 3.63) is 120 Å². The molecule has 2 aliphatic rings. The fourth-order valence-corrected chi connectivity index (χ4v) is 4.77. The molecule has 4 aromatic rings. The van der Waals surface area contributed by atoms with Crippen LogP contribution in [0.3, 0.4) is 0 Å². The van der Waals surface area contributed by atoms with E-state index in [1.165, 1.54) is 16.7 Å². The zero-order valence-electron chi connectivity index (χ0n) is 18.4. The lowest BCUT2D eigenvalue weighted by Crippen LogP contribution is -2.33. The Hall–Kier alpha value is -4.05. The number of hydrogen-bond acceptors (Lipinski definition) is 4. The Balaban J connectivity index is 1.38. The summed E-state index contributed by atoms with van der Waals surface area (Å²) in [5, 5.41) is 7.18. The molecule has 0 aromatic heterocycles. The Morgan fingerprint density at radius 3 is 2.15 bits per heavy atom. The van der Waals surface area contributed by atoms with E-state index in [9.17, 15) is 0 Å². The van der Waals surface area contributed by atoms with Crippen molar-refractivity contribution in [2.24, 2.45) is 5.10 Å². The molecule has 162 valence electrons. The monoisotopic (exact) mass is 432 g/mol. The van der Waals surface area contributed by atoms with Gasteiger partial charge in [0.25, 0.3) is 0 Å². The summed E-state index contributed by atoms with van der Waals surface area (Å²) in [5.41, 5.74) is 6.78. The third kappa shape index (κ3) is 3.44. The number of hydrogen-bond donors (Lipinski definition) is 0. The minimum absolute atomic E-state index is 0.119. The van der Waals surface area contributed by atoms with E-state index in [1.54, 1.807) is 7.11 Å². The second-order valence-electron chi connectivity index (χ2n) is 8.34. The zero-order valence-corrected chi connectivity index (χ0v) is 18.4. The van der Waals surface area contributed by atoms with Crippen molar-refractivity contribution in [3.8, 4) is 22.6 Å². The topological polar surface area (TPSA) is 34.1 Å². The largest absolute Gasteiger partial charge is 0.496 e. The number of fused-ring (bicyclic) bond motifs is 3. The molecule has 0 amide bonds. The van der Waals surface area contributed by atoms with Gasteiger partial charge in [-0.25, -0.2) is 5.01 Å². The van der Waals surface area contributed by atoms with Crippen LogP contribution in [-0.4, -0.2) is 17.8 Å². The molecule has 0 bridgehead atoms. The summed E-state index contributed by atoms with van der Waals surface area (Å²) in [4.78, 5) is 0. The molecule has 0 radical (unpaired) electrons. The summed E-state index contributed by atoms with van der Waals surface area (Å²) in [6.45, 7) is 0. The molecule has 4 heteroatoms. The van der Waals surface area contributed by atoms with Gasteiger partial charge in [-0.1, -0.05) is 84.9 Å². The predicted molar refractivity (Wildman–Crippen MR) is 130 cm³/mol. The summed E-state index contributed by atoms with van der Waals surface area (Å²) in [6, 6.07) is 35.5. The van der Waals surface area contributed by atoms with Gasteiger partial charge in [-0.2, -0.15) is 5.10 Å². The van der Waals surface area contributed by atoms with Crippen LogP contribution >= 0.6 is 0 Å². The molecule has 4 nitrogen and oxygen atoms in total. The smallest absolute Gasteiger partial charge is 0.217 e. The van der Waals surface area contributed by atoms with E-state index in [1.807, 2.05) is 36.4 Å². The van der Waals surface area contributed by atoms with Gasteiger partial charge in [-0.3, -0.25) is 0 Å². The summed E-state index contributed by atoms with van der Waals surface area (Å²) < 4.78 is 12.1. The highest BCUT2D eigenvalue weighted by molar-refractivity contribution is 6.02. The van der Waals surface area contributed by atoms with Crippen LogP contribution in [0.25, 0.3) is 11.1 Å². The van der Waals surface area contributed by atoms with Crippen LogP contribution in [0.1, 0.15) is 35.4 Å². The Kier molecular flexibility index (Phi) is 4.84. The Morgan fingerprint density at radius 1 is 0.727 bits per heavy atom. The van der Waals surface area contributed by atoms with Crippen molar-refractivity contribution in [2.45, 2.75) is 18.7 Å². The van der Waals surface area contributed by atoms with E-state index in [0.29, 0.717) is 0 Å². The first kappa shape index (κ1) is 19.6. The van der Waals surface area contributed by atoms with E-state index < -0.39 is 0 Å². The van der Waals surface area contributed by atoms with Crippen LogP contribution in [0, 0.1) is 0 Å². The molecule has 0 aliphatic carbocycles. The molecule has 6 rings (SSSR count). The molecule has 2 aliphatic heterocycles. The SMILES string of the molecule is COc1ccccc1C1Oc2ccccc2C2CC(c3ccc(-c4ccccc4)cc3)=NN21. The van der Waals surface area contributed by atoms with Gasteiger partial charge < -0.3 is 9.47 Å². The zero-order chi connectivity index (χ0) is 22.2. The van der Waals surface area contributed by atoms with Crippen molar-refractivity contribution in [3.63, 3.8) is 0 Å². The highest BCUT2D eigenvalue weighted by Gasteiger charge is 2.41. The number of hydrazone groups is 1. The van der Waals surface area contributed by atoms with Crippen molar-refractivity contribution < 1.29 is 9.47 Å². The average Bonchev–Trinajstić information content (AvgIpc) is 3.35. The highest BCUT2D eigenvalue weighted by atomic mass is 16.5. The van der Waals surface area contributed by atoms with Gasteiger partial charge in [-0.15, -0.1) is 0 Å². The molecule has 0 saturated heterocycles. The lowest BCUT2D eigenvalue weighted by Gasteiger charge is -2.38. The third-order valence-corrected chi connectivity index (χ3v) is 6.43. The van der Waals surface area contributed by atoms with Crippen molar-refractivity contribution >= 4 is 5.71 Å². The standard InChI is InChI=1S/C29H24N2O2/c1-32-27-13-7-6-12-24(27)29-31-26(23-11-5-8-14-28(23)33-29)19-25(30-31)22-17-15-21(16-18-22)20-9-3-2-4-10-20/h2-18,26,29H,19H2,1H3. The predicted octanol–water partition coefficient (Wildman–Crippen LogP) is 6.60. The molecule has 0 spiro atoms. The van der Waals surface area contributed by atoms with Gasteiger partial charge in [0.15, 0.2) is 0 Å². The molecule has 0 N–H and O–H groups in total. The third-order valence-electron chi connectivity index (χ3n) is 6.43. The normalized spacial score (nSPS) is 18.7. The second kappa shape index (κ2) is 8.14. The number of ether oxygens (including phenoxy) is 2. The van der Waals surface area contributed by atoms with E-state index in [0.717, 1.165) is 34.8 Å². The minimum Gasteiger partial charge on any atom is -0.496 e. The van der Waals surface area contributed by atoms with E-state index in [4.69, 9.17) is 14.6 Å². The fraction of sp³-hybridized carbons (Fsp3) is 0.138. The molecule has 0 saturated carbocycles. The Morgan fingerprint density at radius 2 is 1.36 bits per heavy atom. The maximum absolute atomic E-state index is 6.47. The van der Waals surface area contributed by atoms with Crippen molar-refractivity contribution in [1.29, 1.82) is 0 Å². The maximum Gasteiger partial charge on any atom is 0.217 e. The fourth-order valence-electron chi connectivity index (χ4n) is 4.77. The van der Waals surface area contributed by atoms with Crippen LogP contribution in [0.5, 0.6) is 11.5 Å². The quantitative estimate of drug-likeness (QED) is 0.364. The lowest BCUT2D eigenvalue weighted by atomic mass is 9.95. The summed E-state index contributed by atoms with van der Waals surface area (Å²) >= 11 is 0. The molecule has 4 aromatic carbocycles. The molecular formula is C29H24N2O2. The molecular weight excluding hydrogens is 408 g/mol. The molecule has 2 heterocycles. The van der Waals surface area contributed by atoms with E-state index in [-0.39, 0.29) is 12.3 Å². The first-order chi connectivity index (χ1) is 16.3. The first-order valence-electron chi connectivity index (χ1n) is 11.2. The second-order valence-corrected chi connectivity index (χ2v) is 8.34. The Labute approximate surface area is 193 Å². The average molecular weight is 433 g/mol. The number of nitrogens with zero attached hydrogens (tertiary/aromatic N) is 2. The lowest BCUT2D eigenvalue weighted by molar-refractivity contribution is -0.0203. The first-order valence-corrected chi connectivity index (χ1v) is 11.2. The van der Waals surface area contributed by atoms with Crippen LogP contribution in [0.4, 0.5) is 0 Å². The summed E-state index contributed by atoms with van der Waals surface area (Å²) in [5.74, 6) is 1.71. The highest BCUT2D eigenvalue weighted by Crippen LogP contribution is 2.48. The minimum atomic E-state index is -0.345. The van der Waals surface area contributed by atoms with Crippen LogP contribution in [-0.2, 0) is 0 Å². The van der Waals surface area contributed by atoms with E-state index in [2.05, 4.69) is 71.7 Å². The van der Waals surface area contributed by atoms with Crippen LogP contribution < -0.4 is 9.47 Å². The summed E-state index contributed by atoms with van der Waals surface area (Å²) in [6.07, 6.45) is 0.485. The van der Waals surface area contributed by atoms with Gasteiger partial charge in [-0.05, 0) is 34.9 Å². The van der Waals surface area contributed by atoms with Crippen molar-refractivity contribution in [2.75, 3.05) is 7.11 Å². The maximum atomic E-state index is 6.47. The molecule has 2 unspecified atom stereocenters. The van der Waals surface area contributed by atoms with Gasteiger partial charge in [0.05, 0.1) is 24.4 Å². The van der Waals surface area contributed by atoms with Crippen LogP contribution in [0.15, 0.2) is 108 Å². The van der Waals surface area contributed by atoms with Gasteiger partial charge in [0.1, 0.15) is 11.5 Å².